The third kappa shape index (κ3) is 4.91. The first-order valence-electron chi connectivity index (χ1n) is 9.40. The number of phenolic OH excluding ortho intramolecular Hbond substituents is 1. The molecule has 30 heavy (non-hydrogen) atoms. The molecular weight excluding hydrogens is 412 g/mol. The molecule has 2 aromatic carbocycles. The van der Waals surface area contributed by atoms with Crippen LogP contribution in [0.5, 0.6) is 28.7 Å². The van der Waals surface area contributed by atoms with E-state index in [2.05, 4.69) is 0 Å². The van der Waals surface area contributed by atoms with E-state index in [1.807, 2.05) is 6.92 Å². The number of sulfone groups is 1. The van der Waals surface area contributed by atoms with E-state index in [-0.39, 0.29) is 23.0 Å². The number of hydrogen-bond acceptors (Lipinski definition) is 8. The minimum Gasteiger partial charge on any atom is -0.504 e. The highest BCUT2D eigenvalue weighted by atomic mass is 32.2. The standard InChI is InChI=1S/C21H28O8S/c1-6-9-29-20-16(23)10-14(11-18(20)30(24,25)12-13(2)22)15-7-8-17(26-3)21(28-5)19(15)27-4/h7-8,10-11,13,22-23H,6,9,12H2,1-5H3. The van der Waals surface area contributed by atoms with Gasteiger partial charge in [-0.1, -0.05) is 6.92 Å². The Morgan fingerprint density at radius 1 is 1.00 bits per heavy atom. The third-order valence-corrected chi connectivity index (χ3v) is 6.19. The average molecular weight is 441 g/mol. The fourth-order valence-corrected chi connectivity index (χ4v) is 4.63. The van der Waals surface area contributed by atoms with Crippen molar-refractivity contribution in [3.63, 3.8) is 0 Å². The molecule has 0 aliphatic carbocycles. The zero-order chi connectivity index (χ0) is 22.5. The summed E-state index contributed by atoms with van der Waals surface area (Å²) in [6.07, 6.45) is -0.462. The van der Waals surface area contributed by atoms with E-state index >= 15 is 0 Å². The minimum atomic E-state index is -3.95. The molecular formula is C21H28O8S. The molecule has 0 saturated heterocycles. The fraction of sp³-hybridized carbons (Fsp3) is 0.429. The van der Waals surface area contributed by atoms with Crippen LogP contribution in [0.2, 0.25) is 0 Å². The highest BCUT2D eigenvalue weighted by Crippen LogP contribution is 2.47. The van der Waals surface area contributed by atoms with Gasteiger partial charge in [0.15, 0.2) is 32.8 Å². The molecule has 0 radical (unpaired) electrons. The Morgan fingerprint density at radius 2 is 1.67 bits per heavy atom. The van der Waals surface area contributed by atoms with E-state index in [0.29, 0.717) is 34.8 Å². The second-order valence-corrected chi connectivity index (χ2v) is 8.69. The van der Waals surface area contributed by atoms with E-state index in [1.54, 1.807) is 12.1 Å². The molecule has 0 aromatic heterocycles. The molecule has 0 saturated carbocycles. The van der Waals surface area contributed by atoms with Crippen LogP contribution in [0.25, 0.3) is 11.1 Å². The van der Waals surface area contributed by atoms with E-state index in [9.17, 15) is 18.6 Å². The summed E-state index contributed by atoms with van der Waals surface area (Å²) in [5.74, 6) is 0.102. The first-order valence-corrected chi connectivity index (χ1v) is 11.0. The fourth-order valence-electron chi connectivity index (χ4n) is 3.06. The SMILES string of the molecule is CCCOc1c(O)cc(-c2ccc(OC)c(OC)c2OC)cc1S(=O)(=O)CC(C)O. The van der Waals surface area contributed by atoms with Gasteiger partial charge in [0.25, 0.3) is 0 Å². The molecule has 0 amide bonds. The zero-order valence-corrected chi connectivity index (χ0v) is 18.6. The lowest BCUT2D eigenvalue weighted by molar-refractivity contribution is 0.218. The van der Waals surface area contributed by atoms with Crippen LogP contribution >= 0.6 is 0 Å². The third-order valence-electron chi connectivity index (χ3n) is 4.30. The van der Waals surface area contributed by atoms with Gasteiger partial charge in [0.1, 0.15) is 4.90 Å². The second-order valence-electron chi connectivity index (χ2n) is 6.68. The number of aromatic hydroxyl groups is 1. The lowest BCUT2D eigenvalue weighted by atomic mass is 10.0. The Bertz CT molecular complexity index is 983. The van der Waals surface area contributed by atoms with Crippen LogP contribution in [0.3, 0.4) is 0 Å². The summed E-state index contributed by atoms with van der Waals surface area (Å²) in [6.45, 7) is 3.47. The number of aliphatic hydroxyl groups is 1. The normalized spacial score (nSPS) is 12.3. The van der Waals surface area contributed by atoms with Crippen molar-refractivity contribution < 1.29 is 37.6 Å². The molecule has 0 aliphatic heterocycles. The number of phenols is 1. The molecule has 2 N–H and O–H groups in total. The van der Waals surface area contributed by atoms with Gasteiger partial charge in [-0.05, 0) is 43.2 Å². The molecule has 0 aliphatic rings. The van der Waals surface area contributed by atoms with Crippen LogP contribution in [-0.2, 0) is 9.84 Å². The zero-order valence-electron chi connectivity index (χ0n) is 17.8. The smallest absolute Gasteiger partial charge is 0.203 e. The van der Waals surface area contributed by atoms with Crippen LogP contribution < -0.4 is 18.9 Å². The number of ether oxygens (including phenoxy) is 4. The van der Waals surface area contributed by atoms with Crippen molar-refractivity contribution in [3.05, 3.63) is 24.3 Å². The highest BCUT2D eigenvalue weighted by molar-refractivity contribution is 7.91. The average Bonchev–Trinajstić information content (AvgIpc) is 2.70. The number of rotatable bonds is 10. The van der Waals surface area contributed by atoms with Crippen molar-refractivity contribution in [1.82, 2.24) is 0 Å². The predicted octanol–water partition coefficient (Wildman–Crippen LogP) is 3.03. The number of aliphatic hydroxyl groups excluding tert-OH is 1. The summed E-state index contributed by atoms with van der Waals surface area (Å²) in [4.78, 5) is -0.205. The van der Waals surface area contributed by atoms with E-state index in [1.165, 1.54) is 40.4 Å². The van der Waals surface area contributed by atoms with Crippen LogP contribution in [0.4, 0.5) is 0 Å². The molecule has 2 rings (SSSR count). The van der Waals surface area contributed by atoms with Gasteiger partial charge in [0.2, 0.25) is 5.75 Å². The second kappa shape index (κ2) is 9.90. The summed E-state index contributed by atoms with van der Waals surface area (Å²) in [6, 6.07) is 6.12. The van der Waals surface area contributed by atoms with Crippen molar-refractivity contribution >= 4 is 9.84 Å². The van der Waals surface area contributed by atoms with Crippen molar-refractivity contribution in [1.29, 1.82) is 0 Å². The Kier molecular flexibility index (Phi) is 7.80. The highest BCUT2D eigenvalue weighted by Gasteiger charge is 2.27. The lowest BCUT2D eigenvalue weighted by Crippen LogP contribution is -2.19. The molecule has 1 atom stereocenters. The van der Waals surface area contributed by atoms with Crippen molar-refractivity contribution in [2.75, 3.05) is 33.7 Å². The molecule has 8 nitrogen and oxygen atoms in total. The monoisotopic (exact) mass is 440 g/mol. The molecule has 2 aromatic rings. The maximum Gasteiger partial charge on any atom is 0.203 e. The Balaban J connectivity index is 2.78. The number of hydrogen-bond donors (Lipinski definition) is 2. The van der Waals surface area contributed by atoms with Crippen molar-refractivity contribution in [2.24, 2.45) is 0 Å². The first-order chi connectivity index (χ1) is 14.2. The molecule has 1 unspecified atom stereocenters. The van der Waals surface area contributed by atoms with Gasteiger partial charge in [-0.2, -0.15) is 0 Å². The van der Waals surface area contributed by atoms with Crippen LogP contribution in [0, 0.1) is 0 Å². The predicted molar refractivity (Wildman–Crippen MR) is 113 cm³/mol. The van der Waals surface area contributed by atoms with Gasteiger partial charge in [0, 0.05) is 5.56 Å². The summed E-state index contributed by atoms with van der Waals surface area (Å²) in [5, 5.41) is 20.2. The van der Waals surface area contributed by atoms with Gasteiger partial charge in [-0.25, -0.2) is 8.42 Å². The van der Waals surface area contributed by atoms with Crippen LogP contribution in [0.15, 0.2) is 29.2 Å². The Morgan fingerprint density at radius 3 is 2.20 bits per heavy atom. The topological polar surface area (TPSA) is 112 Å². The Hall–Kier alpha value is -2.65. The van der Waals surface area contributed by atoms with Crippen LogP contribution in [0.1, 0.15) is 20.3 Å². The largest absolute Gasteiger partial charge is 0.504 e. The van der Waals surface area contributed by atoms with E-state index in [0.717, 1.165) is 0 Å². The van der Waals surface area contributed by atoms with Gasteiger partial charge >= 0.3 is 0 Å². The quantitative estimate of drug-likeness (QED) is 0.580. The van der Waals surface area contributed by atoms with Gasteiger partial charge in [-0.15, -0.1) is 0 Å². The molecule has 0 bridgehead atoms. The van der Waals surface area contributed by atoms with Gasteiger partial charge < -0.3 is 29.2 Å². The maximum absolute atomic E-state index is 12.9. The van der Waals surface area contributed by atoms with Crippen LogP contribution in [-0.4, -0.2) is 58.4 Å². The minimum absolute atomic E-state index is 0.138. The lowest BCUT2D eigenvalue weighted by Gasteiger charge is -2.19. The van der Waals surface area contributed by atoms with Gasteiger partial charge in [0.05, 0.1) is 39.8 Å². The summed E-state index contributed by atoms with van der Waals surface area (Å²) < 4.78 is 47.5. The molecule has 9 heteroatoms. The van der Waals surface area contributed by atoms with Crippen molar-refractivity contribution in [3.8, 4) is 39.9 Å². The van der Waals surface area contributed by atoms with Crippen molar-refractivity contribution in [2.45, 2.75) is 31.3 Å². The number of methoxy groups -OCH3 is 3. The summed E-state index contributed by atoms with van der Waals surface area (Å²) >= 11 is 0. The maximum atomic E-state index is 12.9. The summed E-state index contributed by atoms with van der Waals surface area (Å²) in [7, 11) is 0.445. The van der Waals surface area contributed by atoms with E-state index < -0.39 is 21.7 Å². The molecule has 0 spiro atoms. The summed E-state index contributed by atoms with van der Waals surface area (Å²) in [5.41, 5.74) is 0.860. The molecule has 0 fully saturated rings. The van der Waals surface area contributed by atoms with E-state index in [4.69, 9.17) is 18.9 Å². The molecule has 0 heterocycles. The first kappa shape index (κ1) is 23.6. The molecule has 166 valence electrons. The number of benzene rings is 2. The van der Waals surface area contributed by atoms with Gasteiger partial charge in [-0.3, -0.25) is 0 Å². The Labute approximate surface area is 176 Å².